The van der Waals surface area contributed by atoms with Gasteiger partial charge in [-0.3, -0.25) is 4.79 Å². The lowest BCUT2D eigenvalue weighted by Gasteiger charge is -2.08. The minimum Gasteiger partial charge on any atom is -0.503 e. The molecule has 9 nitrogen and oxygen atoms in total. The number of nitrogens with zero attached hydrogens (tertiary/aromatic N) is 5. The summed E-state index contributed by atoms with van der Waals surface area (Å²) in [6.07, 6.45) is 1.44. The Morgan fingerprint density at radius 2 is 2.14 bits per heavy atom. The van der Waals surface area contributed by atoms with E-state index < -0.39 is 5.91 Å². The van der Waals surface area contributed by atoms with E-state index in [2.05, 4.69) is 41.9 Å². The second-order valence-electron chi connectivity index (χ2n) is 5.59. The maximum absolute atomic E-state index is 12.0. The van der Waals surface area contributed by atoms with E-state index in [9.17, 15) is 9.90 Å². The van der Waals surface area contributed by atoms with Gasteiger partial charge in [0.1, 0.15) is 6.54 Å². The van der Waals surface area contributed by atoms with Gasteiger partial charge in [0.25, 0.3) is 5.91 Å². The van der Waals surface area contributed by atoms with Gasteiger partial charge in [-0.1, -0.05) is 30.3 Å². The highest BCUT2D eigenvalue weighted by Crippen LogP contribution is 2.35. The van der Waals surface area contributed by atoms with Gasteiger partial charge in [0, 0.05) is 5.56 Å². The Bertz CT molecular complexity index is 990. The topological polar surface area (TPSA) is 115 Å². The van der Waals surface area contributed by atoms with Crippen molar-refractivity contribution >= 4 is 28.1 Å². The van der Waals surface area contributed by atoms with Crippen molar-refractivity contribution in [2.75, 3.05) is 6.61 Å². The van der Waals surface area contributed by atoms with Gasteiger partial charge in [0.15, 0.2) is 11.5 Å². The van der Waals surface area contributed by atoms with Crippen LogP contribution in [0.3, 0.4) is 0 Å². The van der Waals surface area contributed by atoms with Crippen LogP contribution in [0, 0.1) is 0 Å². The molecule has 0 spiro atoms. The quantitative estimate of drug-likeness (QED) is 0.426. The van der Waals surface area contributed by atoms with Crippen molar-refractivity contribution in [2.24, 2.45) is 5.10 Å². The standard InChI is InChI=1S/C18H17BrN6O3/c1-2-28-15-9-12(8-14(19)17(15)27)10-20-21-16(26)11-25-23-18(22-24-25)13-6-4-3-5-7-13/h3-10,27H,2,11H2,1H3,(H,21,26). The highest BCUT2D eigenvalue weighted by atomic mass is 79.9. The van der Waals surface area contributed by atoms with E-state index >= 15 is 0 Å². The first-order valence-corrected chi connectivity index (χ1v) is 9.16. The van der Waals surface area contributed by atoms with Crippen molar-refractivity contribution in [3.05, 3.63) is 52.5 Å². The number of phenolic OH excluding ortho intramolecular Hbond substituents is 1. The average molecular weight is 445 g/mol. The molecule has 0 fully saturated rings. The maximum atomic E-state index is 12.0. The highest BCUT2D eigenvalue weighted by Gasteiger charge is 2.10. The predicted octanol–water partition coefficient (Wildman–Crippen LogP) is 2.36. The number of amides is 1. The van der Waals surface area contributed by atoms with Crippen LogP contribution in [0.4, 0.5) is 0 Å². The summed E-state index contributed by atoms with van der Waals surface area (Å²) < 4.78 is 5.81. The molecule has 1 heterocycles. The Kier molecular flexibility index (Phi) is 6.33. The summed E-state index contributed by atoms with van der Waals surface area (Å²) >= 11 is 3.25. The number of aromatic hydroxyl groups is 1. The smallest absolute Gasteiger partial charge is 0.263 e. The van der Waals surface area contributed by atoms with Crippen molar-refractivity contribution in [3.63, 3.8) is 0 Å². The molecule has 0 aliphatic heterocycles. The first kappa shape index (κ1) is 19.5. The maximum Gasteiger partial charge on any atom is 0.263 e. The average Bonchev–Trinajstić information content (AvgIpc) is 3.15. The molecule has 0 saturated heterocycles. The third-order valence-electron chi connectivity index (χ3n) is 3.52. The molecule has 1 amide bonds. The number of ether oxygens (including phenoxy) is 1. The molecule has 2 N–H and O–H groups in total. The number of hydrogen-bond donors (Lipinski definition) is 2. The minimum atomic E-state index is -0.406. The molecule has 2 aromatic carbocycles. The van der Waals surface area contributed by atoms with Gasteiger partial charge in [-0.25, -0.2) is 5.43 Å². The minimum absolute atomic E-state index is 0.00881. The van der Waals surface area contributed by atoms with Crippen LogP contribution in [0.2, 0.25) is 0 Å². The van der Waals surface area contributed by atoms with Gasteiger partial charge >= 0.3 is 0 Å². The number of tetrazole rings is 1. The van der Waals surface area contributed by atoms with Crippen LogP contribution < -0.4 is 10.2 Å². The molecule has 0 bridgehead atoms. The summed E-state index contributed by atoms with van der Waals surface area (Å²) in [6.45, 7) is 2.10. The Morgan fingerprint density at radius 3 is 2.89 bits per heavy atom. The van der Waals surface area contributed by atoms with Crippen LogP contribution in [0.5, 0.6) is 11.5 Å². The van der Waals surface area contributed by atoms with Gasteiger partial charge in [0.05, 0.1) is 17.3 Å². The number of nitrogens with one attached hydrogen (secondary N) is 1. The first-order chi connectivity index (χ1) is 13.6. The number of halogens is 1. The summed E-state index contributed by atoms with van der Waals surface area (Å²) in [4.78, 5) is 13.2. The van der Waals surface area contributed by atoms with Crippen LogP contribution >= 0.6 is 15.9 Å². The summed E-state index contributed by atoms with van der Waals surface area (Å²) in [7, 11) is 0. The van der Waals surface area contributed by atoms with E-state index in [0.717, 1.165) is 5.56 Å². The number of benzene rings is 2. The number of phenols is 1. The zero-order valence-corrected chi connectivity index (χ0v) is 16.5. The monoisotopic (exact) mass is 444 g/mol. The van der Waals surface area contributed by atoms with Crippen LogP contribution in [-0.4, -0.2) is 44.0 Å². The predicted molar refractivity (Wildman–Crippen MR) is 106 cm³/mol. The summed E-state index contributed by atoms with van der Waals surface area (Å²) in [6, 6.07) is 12.6. The van der Waals surface area contributed by atoms with Crippen molar-refractivity contribution < 1.29 is 14.6 Å². The van der Waals surface area contributed by atoms with Crippen LogP contribution in [0.15, 0.2) is 52.0 Å². The number of carbonyl (C=O) groups excluding carboxylic acids is 1. The fourth-order valence-electron chi connectivity index (χ4n) is 2.29. The first-order valence-electron chi connectivity index (χ1n) is 8.37. The van der Waals surface area contributed by atoms with Crippen molar-refractivity contribution in [1.82, 2.24) is 25.6 Å². The van der Waals surface area contributed by atoms with Crippen LogP contribution in [-0.2, 0) is 11.3 Å². The van der Waals surface area contributed by atoms with Crippen molar-refractivity contribution in [2.45, 2.75) is 13.5 Å². The van der Waals surface area contributed by atoms with E-state index in [4.69, 9.17) is 4.74 Å². The zero-order valence-electron chi connectivity index (χ0n) is 14.9. The number of hydrogen-bond acceptors (Lipinski definition) is 7. The summed E-state index contributed by atoms with van der Waals surface area (Å²) in [5.41, 5.74) is 3.85. The second-order valence-corrected chi connectivity index (χ2v) is 6.44. The van der Waals surface area contributed by atoms with E-state index in [1.807, 2.05) is 37.3 Å². The normalized spacial score (nSPS) is 10.9. The molecule has 3 rings (SSSR count). The van der Waals surface area contributed by atoms with Crippen LogP contribution in [0.25, 0.3) is 11.4 Å². The van der Waals surface area contributed by atoms with Gasteiger partial charge in [-0.2, -0.15) is 9.90 Å². The van der Waals surface area contributed by atoms with Gasteiger partial charge in [0.2, 0.25) is 5.82 Å². The molecule has 0 unspecified atom stereocenters. The zero-order chi connectivity index (χ0) is 19.9. The van der Waals surface area contributed by atoms with Crippen molar-refractivity contribution in [1.29, 1.82) is 0 Å². The molecule has 1 aromatic heterocycles. The molecule has 0 saturated carbocycles. The largest absolute Gasteiger partial charge is 0.503 e. The molecule has 0 radical (unpaired) electrons. The SMILES string of the molecule is CCOc1cc(C=NNC(=O)Cn2nnc(-c3ccccc3)n2)cc(Br)c1O. The third kappa shape index (κ3) is 4.92. The fourth-order valence-corrected chi connectivity index (χ4v) is 2.75. The lowest BCUT2D eigenvalue weighted by Crippen LogP contribution is -2.24. The summed E-state index contributed by atoms with van der Waals surface area (Å²) in [5, 5.41) is 25.8. The lowest BCUT2D eigenvalue weighted by molar-refractivity contribution is -0.122. The number of aromatic nitrogens is 4. The van der Waals surface area contributed by atoms with Crippen molar-refractivity contribution in [3.8, 4) is 22.9 Å². The Labute approximate surface area is 169 Å². The van der Waals surface area contributed by atoms with E-state index in [1.54, 1.807) is 12.1 Å². The molecule has 3 aromatic rings. The lowest BCUT2D eigenvalue weighted by atomic mass is 10.2. The molecular formula is C18H17BrN6O3. The van der Waals surface area contributed by atoms with E-state index in [0.29, 0.717) is 28.2 Å². The molecule has 0 aliphatic rings. The van der Waals surface area contributed by atoms with Gasteiger partial charge in [-0.05, 0) is 45.8 Å². The van der Waals surface area contributed by atoms with Gasteiger partial charge in [-0.15, -0.1) is 10.2 Å². The number of rotatable bonds is 7. The Morgan fingerprint density at radius 1 is 1.36 bits per heavy atom. The highest BCUT2D eigenvalue weighted by molar-refractivity contribution is 9.10. The molecular weight excluding hydrogens is 428 g/mol. The molecule has 0 aliphatic carbocycles. The molecule has 144 valence electrons. The molecule has 0 atom stereocenters. The third-order valence-corrected chi connectivity index (χ3v) is 4.13. The Hall–Kier alpha value is -3.27. The number of hydrazone groups is 1. The van der Waals surface area contributed by atoms with Gasteiger partial charge < -0.3 is 9.84 Å². The van der Waals surface area contributed by atoms with E-state index in [1.165, 1.54) is 11.0 Å². The Balaban J connectivity index is 1.60. The molecule has 10 heteroatoms. The summed E-state index contributed by atoms with van der Waals surface area (Å²) in [5.74, 6) is 0.366. The molecule has 28 heavy (non-hydrogen) atoms. The number of carbonyl (C=O) groups is 1. The van der Waals surface area contributed by atoms with Crippen LogP contribution in [0.1, 0.15) is 12.5 Å². The second kappa shape index (κ2) is 9.09. The fraction of sp³-hybridized carbons (Fsp3) is 0.167. The van der Waals surface area contributed by atoms with E-state index in [-0.39, 0.29) is 12.3 Å².